The van der Waals surface area contributed by atoms with Crippen LogP contribution in [-0.2, 0) is 16.1 Å². The van der Waals surface area contributed by atoms with Gasteiger partial charge < -0.3 is 19.7 Å². The molecule has 1 aliphatic rings. The van der Waals surface area contributed by atoms with Crippen molar-refractivity contribution in [1.82, 2.24) is 10.2 Å². The maximum atomic E-state index is 13.4. The fraction of sp³-hybridized carbons (Fsp3) is 0.500. The van der Waals surface area contributed by atoms with Crippen molar-refractivity contribution in [3.05, 3.63) is 58.1 Å². The van der Waals surface area contributed by atoms with Crippen LogP contribution in [-0.4, -0.2) is 42.5 Å². The van der Waals surface area contributed by atoms with E-state index in [0.717, 1.165) is 37.0 Å². The van der Waals surface area contributed by atoms with Crippen molar-refractivity contribution in [2.24, 2.45) is 0 Å². The second-order valence-electron chi connectivity index (χ2n) is 9.17. The predicted octanol–water partition coefficient (Wildman–Crippen LogP) is 6.42. The molecule has 0 saturated heterocycles. The summed E-state index contributed by atoms with van der Waals surface area (Å²) in [4.78, 5) is 28.4. The molecule has 1 N–H and O–H groups in total. The Morgan fingerprint density at radius 3 is 2.36 bits per heavy atom. The zero-order valence-electron chi connectivity index (χ0n) is 21.1. The molecule has 6 nitrogen and oxygen atoms in total. The first-order chi connectivity index (χ1) is 17.4. The van der Waals surface area contributed by atoms with Gasteiger partial charge in [-0.15, -0.1) is 0 Å². The van der Waals surface area contributed by atoms with Crippen LogP contribution in [0.1, 0.15) is 63.9 Å². The van der Waals surface area contributed by atoms with Gasteiger partial charge in [0.25, 0.3) is 0 Å². The highest BCUT2D eigenvalue weighted by Crippen LogP contribution is 2.25. The molecular weight excluding hydrogens is 499 g/mol. The molecule has 1 aliphatic carbocycles. The Morgan fingerprint density at radius 1 is 1.03 bits per heavy atom. The lowest BCUT2D eigenvalue weighted by Crippen LogP contribution is -2.51. The number of amides is 2. The first kappa shape index (κ1) is 28.1. The number of nitrogens with zero attached hydrogens (tertiary/aromatic N) is 1. The van der Waals surface area contributed by atoms with Crippen LogP contribution in [0, 0.1) is 0 Å². The summed E-state index contributed by atoms with van der Waals surface area (Å²) in [5.41, 5.74) is 0.830. The largest absolute Gasteiger partial charge is 0.497 e. The quantitative estimate of drug-likeness (QED) is 0.319. The van der Waals surface area contributed by atoms with Crippen molar-refractivity contribution in [1.29, 1.82) is 0 Å². The van der Waals surface area contributed by atoms with E-state index < -0.39 is 6.04 Å². The maximum absolute atomic E-state index is 13.4. The van der Waals surface area contributed by atoms with Gasteiger partial charge >= 0.3 is 0 Å². The van der Waals surface area contributed by atoms with Gasteiger partial charge in [0.15, 0.2) is 0 Å². The molecule has 2 amide bonds. The minimum atomic E-state index is -0.559. The highest BCUT2D eigenvalue weighted by Gasteiger charge is 2.30. The van der Waals surface area contributed by atoms with Gasteiger partial charge in [0.2, 0.25) is 11.8 Å². The summed E-state index contributed by atoms with van der Waals surface area (Å²) in [6.45, 7) is 2.61. The Bertz CT molecular complexity index is 994. The number of hydrogen-bond acceptors (Lipinski definition) is 4. The molecule has 0 aliphatic heterocycles. The van der Waals surface area contributed by atoms with Gasteiger partial charge in [-0.1, -0.05) is 55.5 Å². The summed E-state index contributed by atoms with van der Waals surface area (Å²) in [5.74, 6) is 1.29. The van der Waals surface area contributed by atoms with Crippen LogP contribution in [0.2, 0.25) is 10.0 Å². The molecule has 1 fully saturated rings. The zero-order valence-corrected chi connectivity index (χ0v) is 22.6. The van der Waals surface area contributed by atoms with Crippen LogP contribution >= 0.6 is 23.2 Å². The van der Waals surface area contributed by atoms with Crippen molar-refractivity contribution in [2.45, 2.75) is 76.9 Å². The Hall–Kier alpha value is -2.44. The van der Waals surface area contributed by atoms with E-state index in [2.05, 4.69) is 5.32 Å². The van der Waals surface area contributed by atoms with Gasteiger partial charge in [0, 0.05) is 19.0 Å². The van der Waals surface area contributed by atoms with Gasteiger partial charge in [-0.2, -0.15) is 0 Å². The lowest BCUT2D eigenvalue weighted by atomic mass is 9.95. The number of benzene rings is 2. The zero-order chi connectivity index (χ0) is 25.9. The highest BCUT2D eigenvalue weighted by molar-refractivity contribution is 6.42. The van der Waals surface area contributed by atoms with Crippen LogP contribution < -0.4 is 14.8 Å². The molecule has 0 bridgehead atoms. The monoisotopic (exact) mass is 534 g/mol. The fourth-order valence-electron chi connectivity index (χ4n) is 4.53. The Balaban J connectivity index is 1.65. The average molecular weight is 536 g/mol. The minimum Gasteiger partial charge on any atom is -0.497 e. The maximum Gasteiger partial charge on any atom is 0.243 e. The number of hydrogen-bond donors (Lipinski definition) is 1. The third-order valence-corrected chi connectivity index (χ3v) is 7.28. The van der Waals surface area contributed by atoms with Crippen LogP contribution in [0.5, 0.6) is 11.5 Å². The second kappa shape index (κ2) is 14.3. The summed E-state index contributed by atoms with van der Waals surface area (Å²) in [7, 11) is 1.62. The molecule has 36 heavy (non-hydrogen) atoms. The van der Waals surface area contributed by atoms with E-state index >= 15 is 0 Å². The molecule has 0 unspecified atom stereocenters. The molecule has 0 radical (unpaired) electrons. The van der Waals surface area contributed by atoms with E-state index in [4.69, 9.17) is 32.7 Å². The Morgan fingerprint density at radius 2 is 1.72 bits per heavy atom. The summed E-state index contributed by atoms with van der Waals surface area (Å²) >= 11 is 12.3. The van der Waals surface area contributed by atoms with Crippen LogP contribution in [0.15, 0.2) is 42.5 Å². The van der Waals surface area contributed by atoms with Crippen LogP contribution in [0.4, 0.5) is 0 Å². The molecule has 2 aromatic rings. The minimum absolute atomic E-state index is 0.0905. The summed E-state index contributed by atoms with van der Waals surface area (Å²) < 4.78 is 10.9. The molecule has 196 valence electrons. The van der Waals surface area contributed by atoms with E-state index in [-0.39, 0.29) is 30.8 Å². The smallest absolute Gasteiger partial charge is 0.243 e. The summed E-state index contributed by atoms with van der Waals surface area (Å²) in [6, 6.07) is 12.3. The van der Waals surface area contributed by atoms with Crippen LogP contribution in [0.25, 0.3) is 0 Å². The number of rotatable bonds is 12. The van der Waals surface area contributed by atoms with Crippen molar-refractivity contribution in [3.63, 3.8) is 0 Å². The molecule has 8 heteroatoms. The Labute approximate surface area is 224 Å². The first-order valence-electron chi connectivity index (χ1n) is 12.7. The van der Waals surface area contributed by atoms with E-state index in [1.165, 1.54) is 6.42 Å². The van der Waals surface area contributed by atoms with Gasteiger partial charge in [0.05, 0.1) is 23.8 Å². The van der Waals surface area contributed by atoms with E-state index in [1.807, 2.05) is 37.3 Å². The SMILES string of the molecule is CC[C@H](C(=O)NC1CCCCC1)N(Cc1ccc(Cl)c(Cl)c1)C(=O)CCCOc1ccc(OC)cc1. The van der Waals surface area contributed by atoms with Gasteiger partial charge in [-0.3, -0.25) is 9.59 Å². The molecular formula is C28H36Cl2N2O4. The third-order valence-electron chi connectivity index (χ3n) is 6.54. The topological polar surface area (TPSA) is 67.9 Å². The standard InChI is InChI=1S/C28H36Cl2N2O4/c1-3-26(28(34)31-21-8-5-4-6-9-21)32(19-20-11-16-24(29)25(30)18-20)27(33)10-7-17-36-23-14-12-22(35-2)13-15-23/h11-16,18,21,26H,3-10,17,19H2,1-2H3,(H,31,34)/t26-/m1/s1. The molecule has 0 spiro atoms. The number of nitrogens with one attached hydrogen (secondary N) is 1. The van der Waals surface area contributed by atoms with E-state index in [9.17, 15) is 9.59 Å². The predicted molar refractivity (Wildman–Crippen MR) is 144 cm³/mol. The fourth-order valence-corrected chi connectivity index (χ4v) is 4.85. The van der Waals surface area contributed by atoms with Crippen molar-refractivity contribution < 1.29 is 19.1 Å². The average Bonchev–Trinajstić information content (AvgIpc) is 2.89. The number of methoxy groups -OCH3 is 1. The van der Waals surface area contributed by atoms with E-state index in [1.54, 1.807) is 24.1 Å². The third kappa shape index (κ3) is 8.31. The lowest BCUT2D eigenvalue weighted by molar-refractivity contribution is -0.142. The number of carbonyl (C=O) groups excluding carboxylic acids is 2. The van der Waals surface area contributed by atoms with Gasteiger partial charge in [-0.25, -0.2) is 0 Å². The first-order valence-corrected chi connectivity index (χ1v) is 13.5. The number of halogens is 2. The number of ether oxygens (including phenoxy) is 2. The van der Waals surface area contributed by atoms with Crippen LogP contribution in [0.3, 0.4) is 0 Å². The highest BCUT2D eigenvalue weighted by atomic mass is 35.5. The van der Waals surface area contributed by atoms with Crippen molar-refractivity contribution in [3.8, 4) is 11.5 Å². The van der Waals surface area contributed by atoms with Gasteiger partial charge in [0.1, 0.15) is 17.5 Å². The number of carbonyl (C=O) groups is 2. The van der Waals surface area contributed by atoms with Gasteiger partial charge in [-0.05, 0) is 67.6 Å². The van der Waals surface area contributed by atoms with Crippen molar-refractivity contribution >= 4 is 35.0 Å². The Kier molecular flexibility index (Phi) is 11.2. The summed E-state index contributed by atoms with van der Waals surface area (Å²) in [6.07, 6.45) is 6.77. The second-order valence-corrected chi connectivity index (χ2v) is 9.98. The van der Waals surface area contributed by atoms with Crippen molar-refractivity contribution in [2.75, 3.05) is 13.7 Å². The molecule has 0 aromatic heterocycles. The lowest BCUT2D eigenvalue weighted by Gasteiger charge is -2.33. The molecule has 3 rings (SSSR count). The molecule has 2 aromatic carbocycles. The molecule has 1 saturated carbocycles. The van der Waals surface area contributed by atoms with E-state index in [0.29, 0.717) is 35.2 Å². The normalized spacial score (nSPS) is 14.7. The summed E-state index contributed by atoms with van der Waals surface area (Å²) in [5, 5.41) is 4.07. The molecule has 0 heterocycles. The molecule has 1 atom stereocenters.